The minimum Gasteiger partial charge on any atom is -0.456 e. The van der Waals surface area contributed by atoms with Gasteiger partial charge in [-0.3, -0.25) is 14.4 Å². The average Bonchev–Trinajstić information content (AvgIpc) is 2.49. The fourth-order valence-electron chi connectivity index (χ4n) is 5.60. The highest BCUT2D eigenvalue weighted by Crippen LogP contribution is 2.62. The van der Waals surface area contributed by atoms with Crippen LogP contribution in [0.3, 0.4) is 0 Å². The van der Waals surface area contributed by atoms with Gasteiger partial charge in [-0.25, -0.2) is 0 Å². The molecule has 4 fully saturated rings. The third-order valence-electron chi connectivity index (χ3n) is 6.11. The highest BCUT2D eigenvalue weighted by atomic mass is 16.5. The van der Waals surface area contributed by atoms with E-state index in [1.165, 1.54) is 25.4 Å². The van der Waals surface area contributed by atoms with Gasteiger partial charge in [0.1, 0.15) is 0 Å². The van der Waals surface area contributed by atoms with Gasteiger partial charge < -0.3 is 20.1 Å². The molecule has 2 amide bonds. The minimum absolute atomic E-state index is 0.0623. The van der Waals surface area contributed by atoms with Gasteiger partial charge in [-0.05, 0) is 55.8 Å². The van der Waals surface area contributed by atoms with Crippen LogP contribution in [-0.4, -0.2) is 60.6 Å². The zero-order valence-corrected chi connectivity index (χ0v) is 15.0. The minimum atomic E-state index is -0.603. The predicted octanol–water partition coefficient (Wildman–Crippen LogP) is 0.455. The summed E-state index contributed by atoms with van der Waals surface area (Å²) in [4.78, 5) is 36.7. The second-order valence-electron chi connectivity index (χ2n) is 8.45. The molecular formula is C18H28N2O5. The molecule has 25 heavy (non-hydrogen) atoms. The largest absolute Gasteiger partial charge is 0.456 e. The molecule has 0 aliphatic heterocycles. The van der Waals surface area contributed by atoms with Crippen LogP contribution in [0.4, 0.5) is 0 Å². The Balaban J connectivity index is 1.50. The molecule has 7 nitrogen and oxygen atoms in total. The van der Waals surface area contributed by atoms with Gasteiger partial charge in [0.2, 0.25) is 5.91 Å². The average molecular weight is 352 g/mol. The summed E-state index contributed by atoms with van der Waals surface area (Å²) in [5.41, 5.74) is -0.763. The first-order valence-corrected chi connectivity index (χ1v) is 9.05. The van der Waals surface area contributed by atoms with Crippen molar-refractivity contribution in [1.82, 2.24) is 10.2 Å². The number of likely N-dealkylation sites (N-methyl/N-ethyl adjacent to an activating group) is 2. The van der Waals surface area contributed by atoms with Crippen LogP contribution in [0.2, 0.25) is 0 Å². The maximum absolute atomic E-state index is 12.3. The van der Waals surface area contributed by atoms with Crippen molar-refractivity contribution in [2.24, 2.45) is 17.3 Å². The van der Waals surface area contributed by atoms with Crippen molar-refractivity contribution in [3.05, 3.63) is 0 Å². The predicted molar refractivity (Wildman–Crippen MR) is 89.3 cm³/mol. The van der Waals surface area contributed by atoms with Gasteiger partial charge in [0.25, 0.3) is 5.91 Å². The third kappa shape index (κ3) is 3.97. The normalized spacial score (nSPS) is 35.3. The van der Waals surface area contributed by atoms with E-state index in [0.29, 0.717) is 18.3 Å². The Morgan fingerprint density at radius 1 is 1.20 bits per heavy atom. The molecule has 7 heteroatoms. The molecule has 140 valence electrons. The number of ether oxygens (including phenoxy) is 1. The van der Waals surface area contributed by atoms with Crippen LogP contribution in [0.25, 0.3) is 0 Å². The molecule has 4 rings (SSSR count). The Kier molecular flexibility index (Phi) is 4.79. The van der Waals surface area contributed by atoms with E-state index in [2.05, 4.69) is 5.32 Å². The zero-order valence-electron chi connectivity index (χ0n) is 15.0. The van der Waals surface area contributed by atoms with E-state index in [1.807, 2.05) is 0 Å². The highest BCUT2D eigenvalue weighted by molar-refractivity contribution is 5.86. The van der Waals surface area contributed by atoms with E-state index in [0.717, 1.165) is 25.7 Å². The lowest BCUT2D eigenvalue weighted by Crippen LogP contribution is -2.56. The maximum Gasteiger partial charge on any atom is 0.306 e. The Morgan fingerprint density at radius 3 is 2.40 bits per heavy atom. The lowest BCUT2D eigenvalue weighted by Gasteiger charge is -2.60. The maximum atomic E-state index is 12.3. The van der Waals surface area contributed by atoms with Crippen molar-refractivity contribution in [2.75, 3.05) is 27.2 Å². The van der Waals surface area contributed by atoms with Gasteiger partial charge in [0.15, 0.2) is 6.61 Å². The van der Waals surface area contributed by atoms with Gasteiger partial charge in [0, 0.05) is 14.1 Å². The van der Waals surface area contributed by atoms with Crippen LogP contribution in [-0.2, 0) is 19.1 Å². The van der Waals surface area contributed by atoms with E-state index in [9.17, 15) is 19.5 Å². The molecule has 0 aromatic heterocycles. The van der Waals surface area contributed by atoms with Crippen molar-refractivity contribution in [3.63, 3.8) is 0 Å². The first kappa shape index (κ1) is 18.2. The topological polar surface area (TPSA) is 95.9 Å². The van der Waals surface area contributed by atoms with E-state index in [-0.39, 0.29) is 36.9 Å². The molecule has 4 aliphatic rings. The molecule has 4 aliphatic carbocycles. The molecule has 4 atom stereocenters. The first-order chi connectivity index (χ1) is 11.7. The van der Waals surface area contributed by atoms with E-state index < -0.39 is 11.5 Å². The molecule has 0 radical (unpaired) electrons. The van der Waals surface area contributed by atoms with E-state index in [1.54, 1.807) is 0 Å². The fraction of sp³-hybridized carbons (Fsp3) is 0.833. The van der Waals surface area contributed by atoms with Gasteiger partial charge in [-0.1, -0.05) is 0 Å². The monoisotopic (exact) mass is 352 g/mol. The lowest BCUT2D eigenvalue weighted by molar-refractivity contribution is -0.178. The van der Waals surface area contributed by atoms with E-state index >= 15 is 0 Å². The lowest BCUT2D eigenvalue weighted by atomic mass is 9.47. The van der Waals surface area contributed by atoms with Gasteiger partial charge >= 0.3 is 5.97 Å². The molecule has 0 heterocycles. The smallest absolute Gasteiger partial charge is 0.306 e. The summed E-state index contributed by atoms with van der Waals surface area (Å²) < 4.78 is 5.17. The second kappa shape index (κ2) is 6.59. The van der Waals surface area contributed by atoms with Crippen molar-refractivity contribution in [3.8, 4) is 0 Å². The molecule has 4 bridgehead atoms. The summed E-state index contributed by atoms with van der Waals surface area (Å²) in [5.74, 6) is -0.0314. The summed E-state index contributed by atoms with van der Waals surface area (Å²) in [5, 5.41) is 13.2. The molecule has 0 saturated heterocycles. The number of hydrogen-bond donors (Lipinski definition) is 2. The van der Waals surface area contributed by atoms with Crippen LogP contribution in [0.5, 0.6) is 0 Å². The van der Waals surface area contributed by atoms with Crippen LogP contribution in [0.15, 0.2) is 0 Å². The van der Waals surface area contributed by atoms with Gasteiger partial charge in [-0.15, -0.1) is 0 Å². The van der Waals surface area contributed by atoms with Gasteiger partial charge in [0.05, 0.1) is 18.6 Å². The molecule has 0 aromatic rings. The Hall–Kier alpha value is -1.63. The first-order valence-electron chi connectivity index (χ1n) is 9.05. The summed E-state index contributed by atoms with van der Waals surface area (Å²) in [6, 6.07) is 0. The number of nitrogens with zero attached hydrogens (tertiary/aromatic N) is 1. The summed E-state index contributed by atoms with van der Waals surface area (Å²) in [7, 11) is 3.00. The molecule has 2 N–H and O–H groups in total. The standard InChI is InChI=1S/C18H28N2O5/c1-19-14(21)9-20(2)15(22)10-25-16(23)8-17-4-12-3-13(5-17)7-18(24,6-12)11-17/h12-13,24H,3-11H2,1-2H3,(H,19,21)/t12-,13+,17?,18?. The quantitative estimate of drug-likeness (QED) is 0.677. The highest BCUT2D eigenvalue weighted by Gasteiger charge is 2.57. The van der Waals surface area contributed by atoms with Crippen LogP contribution >= 0.6 is 0 Å². The Bertz CT molecular complexity index is 562. The molecule has 4 saturated carbocycles. The number of amides is 2. The number of esters is 1. The second-order valence-corrected chi connectivity index (χ2v) is 8.45. The molecule has 0 aromatic carbocycles. The number of hydrogen-bond acceptors (Lipinski definition) is 5. The van der Waals surface area contributed by atoms with E-state index in [4.69, 9.17) is 4.74 Å². The number of nitrogens with one attached hydrogen (secondary N) is 1. The molecule has 2 unspecified atom stereocenters. The van der Waals surface area contributed by atoms with Crippen molar-refractivity contribution in [2.45, 2.75) is 50.5 Å². The van der Waals surface area contributed by atoms with Crippen LogP contribution < -0.4 is 5.32 Å². The van der Waals surface area contributed by atoms with Gasteiger partial charge in [-0.2, -0.15) is 0 Å². The number of carbonyl (C=O) groups excluding carboxylic acids is 3. The summed E-state index contributed by atoms with van der Waals surface area (Å²) in [6.45, 7) is -0.410. The Morgan fingerprint density at radius 2 is 1.84 bits per heavy atom. The SMILES string of the molecule is CNC(=O)CN(C)C(=O)COC(=O)CC12C[C@@H]3C[C@@H](CC(O)(C3)C1)C2. The number of aliphatic hydroxyl groups is 1. The molecule has 0 spiro atoms. The number of rotatable bonds is 6. The van der Waals surface area contributed by atoms with Crippen LogP contribution in [0, 0.1) is 17.3 Å². The zero-order chi connectivity index (χ0) is 18.2. The third-order valence-corrected chi connectivity index (χ3v) is 6.11. The molecular weight excluding hydrogens is 324 g/mol. The fourth-order valence-corrected chi connectivity index (χ4v) is 5.60. The van der Waals surface area contributed by atoms with Crippen molar-refractivity contribution in [1.29, 1.82) is 0 Å². The summed E-state index contributed by atoms with van der Waals surface area (Å²) >= 11 is 0. The Labute approximate surface area is 148 Å². The van der Waals surface area contributed by atoms with Crippen molar-refractivity contribution < 1.29 is 24.2 Å². The van der Waals surface area contributed by atoms with Crippen LogP contribution in [0.1, 0.15) is 44.9 Å². The number of carbonyl (C=O) groups is 3. The summed E-state index contributed by atoms with van der Waals surface area (Å²) in [6.07, 6.45) is 5.80. The van der Waals surface area contributed by atoms with Crippen molar-refractivity contribution >= 4 is 17.8 Å².